The summed E-state index contributed by atoms with van der Waals surface area (Å²) in [6.07, 6.45) is 1.21. The van der Waals surface area contributed by atoms with Gasteiger partial charge in [0.2, 0.25) is 0 Å². The molecular formula is C17H29NS. The van der Waals surface area contributed by atoms with E-state index in [0.29, 0.717) is 11.3 Å². The highest BCUT2D eigenvalue weighted by Gasteiger charge is 2.14. The fraction of sp³-hybridized carbons (Fsp3) is 0.647. The van der Waals surface area contributed by atoms with E-state index in [9.17, 15) is 0 Å². The Morgan fingerprint density at radius 1 is 1.11 bits per heavy atom. The van der Waals surface area contributed by atoms with Crippen LogP contribution in [-0.2, 0) is 5.41 Å². The molecule has 0 saturated heterocycles. The van der Waals surface area contributed by atoms with Crippen LogP contribution >= 0.6 is 11.8 Å². The fourth-order valence-electron chi connectivity index (χ4n) is 2.24. The van der Waals surface area contributed by atoms with Crippen molar-refractivity contribution in [1.82, 2.24) is 5.32 Å². The molecule has 1 aromatic carbocycles. The van der Waals surface area contributed by atoms with Gasteiger partial charge < -0.3 is 5.32 Å². The molecule has 0 amide bonds. The highest BCUT2D eigenvalue weighted by atomic mass is 32.2. The quantitative estimate of drug-likeness (QED) is 0.747. The number of rotatable bonds is 6. The van der Waals surface area contributed by atoms with Crippen molar-refractivity contribution >= 4 is 11.8 Å². The van der Waals surface area contributed by atoms with E-state index >= 15 is 0 Å². The maximum Gasteiger partial charge on any atom is 0.00807 e. The van der Waals surface area contributed by atoms with Crippen molar-refractivity contribution < 1.29 is 0 Å². The zero-order valence-corrected chi connectivity index (χ0v) is 14.1. The van der Waals surface area contributed by atoms with Gasteiger partial charge in [0, 0.05) is 16.2 Å². The van der Waals surface area contributed by atoms with Gasteiger partial charge >= 0.3 is 0 Å². The van der Waals surface area contributed by atoms with E-state index in [1.165, 1.54) is 16.9 Å². The topological polar surface area (TPSA) is 12.0 Å². The van der Waals surface area contributed by atoms with Gasteiger partial charge in [0.05, 0.1) is 0 Å². The average molecular weight is 279 g/mol. The molecular weight excluding hydrogens is 250 g/mol. The smallest absolute Gasteiger partial charge is 0.00807 e. The second-order valence-electron chi connectivity index (χ2n) is 6.40. The summed E-state index contributed by atoms with van der Waals surface area (Å²) in [4.78, 5) is 1.38. The lowest BCUT2D eigenvalue weighted by molar-refractivity contribution is 0.530. The maximum absolute atomic E-state index is 3.48. The molecule has 0 saturated carbocycles. The molecule has 0 aliphatic carbocycles. The molecule has 108 valence electrons. The molecule has 0 aliphatic rings. The Balaban J connectivity index is 2.53. The normalized spacial score (nSPS) is 15.3. The van der Waals surface area contributed by atoms with Crippen LogP contribution in [0.5, 0.6) is 0 Å². The molecule has 0 spiro atoms. The summed E-state index contributed by atoms with van der Waals surface area (Å²) in [5, 5.41) is 4.13. The van der Waals surface area contributed by atoms with Crippen LogP contribution in [0, 0.1) is 0 Å². The minimum absolute atomic E-state index is 0.244. The van der Waals surface area contributed by atoms with Crippen molar-refractivity contribution in [3.05, 3.63) is 29.8 Å². The third-order valence-electron chi connectivity index (χ3n) is 3.30. The lowest BCUT2D eigenvalue weighted by Crippen LogP contribution is -2.28. The third-order valence-corrected chi connectivity index (χ3v) is 4.43. The van der Waals surface area contributed by atoms with Gasteiger partial charge in [-0.05, 0) is 43.0 Å². The monoisotopic (exact) mass is 279 g/mol. The second kappa shape index (κ2) is 7.35. The van der Waals surface area contributed by atoms with E-state index in [1.807, 2.05) is 11.8 Å². The molecule has 0 heterocycles. The first kappa shape index (κ1) is 16.6. The van der Waals surface area contributed by atoms with Crippen molar-refractivity contribution in [2.24, 2.45) is 0 Å². The van der Waals surface area contributed by atoms with Crippen LogP contribution in [0.3, 0.4) is 0 Å². The molecule has 2 unspecified atom stereocenters. The first-order chi connectivity index (χ1) is 8.82. The summed E-state index contributed by atoms with van der Waals surface area (Å²) in [6, 6.07) is 9.66. The lowest BCUT2D eigenvalue weighted by Gasteiger charge is -2.20. The Morgan fingerprint density at radius 2 is 1.68 bits per heavy atom. The van der Waals surface area contributed by atoms with Crippen molar-refractivity contribution in [2.75, 3.05) is 6.54 Å². The minimum Gasteiger partial charge on any atom is -0.314 e. The Hall–Kier alpha value is -0.470. The Kier molecular flexibility index (Phi) is 6.41. The van der Waals surface area contributed by atoms with Gasteiger partial charge in [0.25, 0.3) is 0 Å². The van der Waals surface area contributed by atoms with Crippen LogP contribution in [0.2, 0.25) is 0 Å². The molecule has 0 aliphatic heterocycles. The van der Waals surface area contributed by atoms with Crippen LogP contribution in [0.25, 0.3) is 0 Å². The molecule has 0 fully saturated rings. The Bertz CT molecular complexity index is 364. The van der Waals surface area contributed by atoms with Crippen LogP contribution in [0.1, 0.15) is 53.5 Å². The van der Waals surface area contributed by atoms with Crippen molar-refractivity contribution in [3.8, 4) is 0 Å². The van der Waals surface area contributed by atoms with Gasteiger partial charge in [-0.25, -0.2) is 0 Å². The van der Waals surface area contributed by atoms with Crippen molar-refractivity contribution in [1.29, 1.82) is 0 Å². The molecule has 1 aromatic rings. The van der Waals surface area contributed by atoms with E-state index in [2.05, 4.69) is 71.1 Å². The van der Waals surface area contributed by atoms with Gasteiger partial charge in [-0.3, -0.25) is 0 Å². The molecule has 0 bridgehead atoms. The second-order valence-corrected chi connectivity index (χ2v) is 7.91. The zero-order chi connectivity index (χ0) is 14.5. The number of nitrogens with one attached hydrogen (secondary N) is 1. The van der Waals surface area contributed by atoms with Crippen LogP contribution in [0.4, 0.5) is 0 Å². The zero-order valence-electron chi connectivity index (χ0n) is 13.3. The summed E-state index contributed by atoms with van der Waals surface area (Å²) >= 11 is 1.98. The number of thioether (sulfide) groups is 1. The largest absolute Gasteiger partial charge is 0.314 e. The van der Waals surface area contributed by atoms with Gasteiger partial charge in [-0.1, -0.05) is 46.8 Å². The molecule has 2 heteroatoms. The summed E-state index contributed by atoms with van der Waals surface area (Å²) in [5.41, 5.74) is 1.65. The number of hydrogen-bond acceptors (Lipinski definition) is 2. The van der Waals surface area contributed by atoms with Crippen molar-refractivity contribution in [3.63, 3.8) is 0 Å². The van der Waals surface area contributed by atoms with E-state index in [1.54, 1.807) is 0 Å². The fourth-order valence-corrected chi connectivity index (χ4v) is 3.39. The Morgan fingerprint density at radius 3 is 2.16 bits per heavy atom. The Labute approximate surface area is 123 Å². The minimum atomic E-state index is 0.244. The molecule has 2 atom stereocenters. The van der Waals surface area contributed by atoms with Crippen LogP contribution in [0.15, 0.2) is 29.2 Å². The predicted octanol–water partition coefficient (Wildman–Crippen LogP) is 4.85. The first-order valence-electron chi connectivity index (χ1n) is 7.33. The molecule has 1 N–H and O–H groups in total. The highest BCUT2D eigenvalue weighted by Crippen LogP contribution is 2.29. The SMILES string of the molecule is CCNC(C)CC(C)Sc1ccc(C(C)(C)C)cc1. The summed E-state index contributed by atoms with van der Waals surface area (Å²) in [7, 11) is 0. The molecule has 19 heavy (non-hydrogen) atoms. The standard InChI is InChI=1S/C17H29NS/c1-7-18-13(2)12-14(3)19-16-10-8-15(9-11-16)17(4,5)6/h8-11,13-14,18H,7,12H2,1-6H3. The van der Waals surface area contributed by atoms with E-state index in [-0.39, 0.29) is 5.41 Å². The van der Waals surface area contributed by atoms with Crippen LogP contribution in [-0.4, -0.2) is 17.8 Å². The summed E-state index contributed by atoms with van der Waals surface area (Å²) in [5.74, 6) is 0. The van der Waals surface area contributed by atoms with Crippen molar-refractivity contribution in [2.45, 2.75) is 69.6 Å². The predicted molar refractivity (Wildman–Crippen MR) is 88.2 cm³/mol. The van der Waals surface area contributed by atoms with Gasteiger partial charge in [0.1, 0.15) is 0 Å². The van der Waals surface area contributed by atoms with Gasteiger partial charge in [-0.2, -0.15) is 0 Å². The lowest BCUT2D eigenvalue weighted by atomic mass is 9.87. The summed E-state index contributed by atoms with van der Waals surface area (Å²) in [6.45, 7) is 14.6. The average Bonchev–Trinajstić information content (AvgIpc) is 2.28. The molecule has 0 aromatic heterocycles. The number of benzene rings is 1. The van der Waals surface area contributed by atoms with Crippen LogP contribution < -0.4 is 5.32 Å². The summed E-state index contributed by atoms with van der Waals surface area (Å²) < 4.78 is 0. The van der Waals surface area contributed by atoms with E-state index in [4.69, 9.17) is 0 Å². The maximum atomic E-state index is 3.48. The molecule has 1 rings (SSSR count). The molecule has 1 nitrogen and oxygen atoms in total. The van der Waals surface area contributed by atoms with E-state index in [0.717, 1.165) is 6.54 Å². The van der Waals surface area contributed by atoms with Gasteiger partial charge in [0.15, 0.2) is 0 Å². The number of hydrogen-bond donors (Lipinski definition) is 1. The highest BCUT2D eigenvalue weighted by molar-refractivity contribution is 7.99. The van der Waals surface area contributed by atoms with E-state index < -0.39 is 0 Å². The van der Waals surface area contributed by atoms with Gasteiger partial charge in [-0.15, -0.1) is 11.8 Å². The first-order valence-corrected chi connectivity index (χ1v) is 8.21. The third kappa shape index (κ3) is 6.01. The molecule has 0 radical (unpaired) electrons.